The standard InChI is InChI=1S/C22H14FN3O4S/c1-11-24-25-22(31-11)26-18(13-7-3-4-8-14(13)23)17(20(28)21(26)29)19(27)16-10-12-6-2-5-9-15(12)30-16/h2-10,18,28H,1H3. The van der Waals surface area contributed by atoms with Crippen LogP contribution in [0.4, 0.5) is 9.52 Å². The molecule has 5 rings (SSSR count). The number of para-hydroxylation sites is 1. The van der Waals surface area contributed by atoms with Crippen molar-refractivity contribution < 1.29 is 23.5 Å². The molecule has 0 aliphatic carbocycles. The number of aryl methyl sites for hydroxylation is 1. The molecule has 1 atom stereocenters. The highest BCUT2D eigenvalue weighted by Crippen LogP contribution is 2.43. The summed E-state index contributed by atoms with van der Waals surface area (Å²) >= 11 is 1.10. The number of amides is 1. The second kappa shape index (κ2) is 7.13. The SMILES string of the molecule is Cc1nnc(N2C(=O)C(O)=C(C(=O)c3cc4ccccc4o3)C2c2ccccc2F)s1. The van der Waals surface area contributed by atoms with Crippen LogP contribution in [-0.4, -0.2) is 27.0 Å². The summed E-state index contributed by atoms with van der Waals surface area (Å²) in [6.07, 6.45) is 0. The number of aliphatic hydroxyl groups is 1. The molecule has 1 aliphatic rings. The van der Waals surface area contributed by atoms with E-state index >= 15 is 0 Å². The zero-order valence-electron chi connectivity index (χ0n) is 16.1. The van der Waals surface area contributed by atoms with E-state index in [9.17, 15) is 19.1 Å². The lowest BCUT2D eigenvalue weighted by atomic mass is 9.95. The molecule has 0 spiro atoms. The van der Waals surface area contributed by atoms with E-state index in [4.69, 9.17) is 4.42 Å². The number of halogens is 1. The largest absolute Gasteiger partial charge is 0.503 e. The van der Waals surface area contributed by atoms with E-state index in [1.165, 1.54) is 24.3 Å². The summed E-state index contributed by atoms with van der Waals surface area (Å²) in [6.45, 7) is 1.70. The molecular formula is C22H14FN3O4S. The first kappa shape index (κ1) is 19.1. The molecule has 0 saturated carbocycles. The van der Waals surface area contributed by atoms with Crippen LogP contribution in [0.2, 0.25) is 0 Å². The van der Waals surface area contributed by atoms with Gasteiger partial charge in [0.05, 0.1) is 5.57 Å². The Balaban J connectivity index is 1.68. The van der Waals surface area contributed by atoms with Crippen LogP contribution in [0, 0.1) is 12.7 Å². The van der Waals surface area contributed by atoms with E-state index < -0.39 is 29.3 Å². The van der Waals surface area contributed by atoms with Crippen LogP contribution in [0.1, 0.15) is 27.2 Å². The molecule has 9 heteroatoms. The van der Waals surface area contributed by atoms with Crippen LogP contribution in [-0.2, 0) is 4.79 Å². The number of anilines is 1. The maximum absolute atomic E-state index is 14.8. The first-order valence-corrected chi connectivity index (χ1v) is 10.1. The molecule has 7 nitrogen and oxygen atoms in total. The monoisotopic (exact) mass is 435 g/mol. The third-order valence-electron chi connectivity index (χ3n) is 5.02. The number of carbonyl (C=O) groups excluding carboxylic acids is 2. The number of rotatable bonds is 4. The van der Waals surface area contributed by atoms with Crippen LogP contribution in [0.15, 0.2) is 70.3 Å². The lowest BCUT2D eigenvalue weighted by Gasteiger charge is -2.24. The van der Waals surface area contributed by atoms with Crippen molar-refractivity contribution in [3.05, 3.63) is 88.1 Å². The van der Waals surface area contributed by atoms with Crippen LogP contribution >= 0.6 is 11.3 Å². The minimum atomic E-state index is -1.22. The smallest absolute Gasteiger partial charge is 0.296 e. The molecule has 0 radical (unpaired) electrons. The summed E-state index contributed by atoms with van der Waals surface area (Å²) in [5, 5.41) is 20.0. The topological polar surface area (TPSA) is 96.5 Å². The van der Waals surface area contributed by atoms with Gasteiger partial charge in [-0.25, -0.2) is 4.39 Å². The van der Waals surface area contributed by atoms with Crippen molar-refractivity contribution in [1.29, 1.82) is 0 Å². The highest BCUT2D eigenvalue weighted by Gasteiger charge is 2.47. The summed E-state index contributed by atoms with van der Waals surface area (Å²) in [7, 11) is 0. The van der Waals surface area contributed by atoms with Gasteiger partial charge in [-0.15, -0.1) is 10.2 Å². The zero-order chi connectivity index (χ0) is 21.7. The Hall–Kier alpha value is -3.85. The molecule has 3 heterocycles. The molecular weight excluding hydrogens is 421 g/mol. The second-order valence-corrected chi connectivity index (χ2v) is 8.10. The lowest BCUT2D eigenvalue weighted by molar-refractivity contribution is -0.117. The number of hydrogen-bond donors (Lipinski definition) is 1. The van der Waals surface area contributed by atoms with Gasteiger partial charge in [0.2, 0.25) is 10.9 Å². The van der Waals surface area contributed by atoms with E-state index in [-0.39, 0.29) is 22.0 Å². The second-order valence-electron chi connectivity index (χ2n) is 6.94. The molecule has 4 aromatic rings. The number of Topliss-reactive ketones (excluding diaryl/α,β-unsaturated/α-hetero) is 1. The minimum absolute atomic E-state index is 0.0483. The summed E-state index contributed by atoms with van der Waals surface area (Å²) in [5.41, 5.74) is 0.253. The normalized spacial score (nSPS) is 16.5. The number of carbonyl (C=O) groups is 2. The van der Waals surface area contributed by atoms with Gasteiger partial charge in [0.15, 0.2) is 11.5 Å². The van der Waals surface area contributed by atoms with Gasteiger partial charge >= 0.3 is 0 Å². The molecule has 1 unspecified atom stereocenters. The Bertz CT molecular complexity index is 1360. The Morgan fingerprint density at radius 3 is 2.61 bits per heavy atom. The van der Waals surface area contributed by atoms with Gasteiger partial charge in [-0.1, -0.05) is 47.7 Å². The molecule has 1 N–H and O–H groups in total. The molecule has 1 amide bonds. The molecule has 2 aromatic heterocycles. The Morgan fingerprint density at radius 2 is 1.90 bits per heavy atom. The number of benzene rings is 2. The molecule has 1 aliphatic heterocycles. The lowest BCUT2D eigenvalue weighted by Crippen LogP contribution is -2.31. The van der Waals surface area contributed by atoms with E-state index in [1.54, 1.807) is 37.3 Å². The van der Waals surface area contributed by atoms with Crippen LogP contribution < -0.4 is 4.90 Å². The van der Waals surface area contributed by atoms with Gasteiger partial charge in [0.1, 0.15) is 22.4 Å². The molecule has 0 fully saturated rings. The number of nitrogens with zero attached hydrogens (tertiary/aromatic N) is 3. The number of aromatic nitrogens is 2. The fourth-order valence-corrected chi connectivity index (χ4v) is 4.35. The van der Waals surface area contributed by atoms with Gasteiger partial charge in [-0.3, -0.25) is 14.5 Å². The molecule has 31 heavy (non-hydrogen) atoms. The number of fused-ring (bicyclic) bond motifs is 1. The Kier molecular flexibility index (Phi) is 4.40. The van der Waals surface area contributed by atoms with Crippen LogP contribution in [0.3, 0.4) is 0 Å². The van der Waals surface area contributed by atoms with Crippen molar-refractivity contribution in [2.75, 3.05) is 4.90 Å². The van der Waals surface area contributed by atoms with Crippen molar-refractivity contribution in [3.8, 4) is 0 Å². The van der Waals surface area contributed by atoms with Crippen molar-refractivity contribution in [2.45, 2.75) is 13.0 Å². The summed E-state index contributed by atoms with van der Waals surface area (Å²) < 4.78 is 20.4. The van der Waals surface area contributed by atoms with Gasteiger partial charge < -0.3 is 9.52 Å². The maximum Gasteiger partial charge on any atom is 0.296 e. The van der Waals surface area contributed by atoms with E-state index in [0.717, 1.165) is 16.2 Å². The highest BCUT2D eigenvalue weighted by molar-refractivity contribution is 7.15. The predicted octanol–water partition coefficient (Wildman–Crippen LogP) is 4.51. The highest BCUT2D eigenvalue weighted by atomic mass is 32.1. The quantitative estimate of drug-likeness (QED) is 0.474. The van der Waals surface area contributed by atoms with Crippen molar-refractivity contribution >= 4 is 39.1 Å². The number of aliphatic hydroxyl groups excluding tert-OH is 1. The summed E-state index contributed by atoms with van der Waals surface area (Å²) in [5.74, 6) is -3.03. The van der Waals surface area contributed by atoms with Gasteiger partial charge in [-0.2, -0.15) is 0 Å². The first-order chi connectivity index (χ1) is 15.0. The van der Waals surface area contributed by atoms with Gasteiger partial charge in [0, 0.05) is 10.9 Å². The van der Waals surface area contributed by atoms with Crippen molar-refractivity contribution in [1.82, 2.24) is 10.2 Å². The average Bonchev–Trinajstić information content (AvgIpc) is 3.45. The van der Waals surface area contributed by atoms with Gasteiger partial charge in [-0.05, 0) is 25.1 Å². The maximum atomic E-state index is 14.8. The zero-order valence-corrected chi connectivity index (χ0v) is 16.9. The number of furan rings is 1. The number of hydrogen-bond acceptors (Lipinski definition) is 7. The summed E-state index contributed by atoms with van der Waals surface area (Å²) in [4.78, 5) is 27.5. The van der Waals surface area contributed by atoms with E-state index in [0.29, 0.717) is 16.0 Å². The number of ketones is 1. The van der Waals surface area contributed by atoms with Crippen molar-refractivity contribution in [2.24, 2.45) is 0 Å². The fourth-order valence-electron chi connectivity index (χ4n) is 3.64. The van der Waals surface area contributed by atoms with Crippen molar-refractivity contribution in [3.63, 3.8) is 0 Å². The minimum Gasteiger partial charge on any atom is -0.503 e. The predicted molar refractivity (Wildman–Crippen MR) is 111 cm³/mol. The van der Waals surface area contributed by atoms with Crippen LogP contribution in [0.5, 0.6) is 0 Å². The molecule has 0 saturated heterocycles. The van der Waals surface area contributed by atoms with Gasteiger partial charge in [0.25, 0.3) is 5.91 Å². The summed E-state index contributed by atoms with van der Waals surface area (Å²) in [6, 6.07) is 13.1. The van der Waals surface area contributed by atoms with Crippen LogP contribution in [0.25, 0.3) is 11.0 Å². The third-order valence-corrected chi connectivity index (χ3v) is 5.86. The molecule has 154 valence electrons. The Labute approximate surface area is 179 Å². The Morgan fingerprint density at radius 1 is 1.16 bits per heavy atom. The first-order valence-electron chi connectivity index (χ1n) is 9.30. The molecule has 0 bridgehead atoms. The third kappa shape index (κ3) is 3.01. The van der Waals surface area contributed by atoms with E-state index in [2.05, 4.69) is 10.2 Å². The van der Waals surface area contributed by atoms with E-state index in [1.807, 2.05) is 0 Å². The fraction of sp³-hybridized carbons (Fsp3) is 0.0909. The molecule has 2 aromatic carbocycles. The average molecular weight is 435 g/mol.